The van der Waals surface area contributed by atoms with Crippen molar-refractivity contribution in [3.05, 3.63) is 36.0 Å². The third-order valence-corrected chi connectivity index (χ3v) is 5.70. The Labute approximate surface area is 156 Å². The fraction of sp³-hybridized carbons (Fsp3) is 0.312. The van der Waals surface area contributed by atoms with Gasteiger partial charge in [-0.1, -0.05) is 30.8 Å². The Bertz CT molecular complexity index is 1020. The quantitative estimate of drug-likeness (QED) is 0.467. The molecule has 0 saturated carbocycles. The van der Waals surface area contributed by atoms with E-state index in [2.05, 4.69) is 27.3 Å². The van der Waals surface area contributed by atoms with E-state index in [1.165, 1.54) is 12.1 Å². The molecule has 26 heavy (non-hydrogen) atoms. The van der Waals surface area contributed by atoms with Gasteiger partial charge in [0, 0.05) is 19.3 Å². The van der Waals surface area contributed by atoms with E-state index in [4.69, 9.17) is 5.14 Å². The van der Waals surface area contributed by atoms with Crippen LogP contribution in [0, 0.1) is 0 Å². The van der Waals surface area contributed by atoms with Crippen molar-refractivity contribution in [2.24, 2.45) is 12.2 Å². The number of hydrogen-bond acceptors (Lipinski definition) is 7. The first-order chi connectivity index (χ1) is 12.4. The van der Waals surface area contributed by atoms with Crippen molar-refractivity contribution in [3.63, 3.8) is 0 Å². The number of benzene rings is 1. The van der Waals surface area contributed by atoms with Gasteiger partial charge in [-0.3, -0.25) is 4.68 Å². The highest BCUT2D eigenvalue weighted by molar-refractivity contribution is 7.99. The highest BCUT2D eigenvalue weighted by Gasteiger charge is 2.12. The van der Waals surface area contributed by atoms with Gasteiger partial charge in [-0.2, -0.15) is 5.10 Å². The number of aryl methyl sites for hydroxylation is 1. The van der Waals surface area contributed by atoms with Gasteiger partial charge < -0.3 is 5.32 Å². The maximum Gasteiger partial charge on any atom is 0.238 e. The van der Waals surface area contributed by atoms with E-state index >= 15 is 0 Å². The van der Waals surface area contributed by atoms with E-state index in [0.717, 1.165) is 28.8 Å². The third-order valence-electron chi connectivity index (χ3n) is 3.72. The van der Waals surface area contributed by atoms with Crippen molar-refractivity contribution in [3.8, 4) is 0 Å². The lowest BCUT2D eigenvalue weighted by atomic mass is 10.2. The second-order valence-electron chi connectivity index (χ2n) is 5.75. The minimum Gasteiger partial charge on any atom is -0.365 e. The van der Waals surface area contributed by atoms with E-state index in [9.17, 15) is 8.42 Å². The van der Waals surface area contributed by atoms with E-state index in [1.807, 2.05) is 7.05 Å². The predicted molar refractivity (Wildman–Crippen MR) is 102 cm³/mol. The summed E-state index contributed by atoms with van der Waals surface area (Å²) in [5.41, 5.74) is 1.68. The molecular formula is C16H20N6O2S2. The van der Waals surface area contributed by atoms with Crippen molar-refractivity contribution >= 4 is 38.6 Å². The Morgan fingerprint density at radius 2 is 1.96 bits per heavy atom. The highest BCUT2D eigenvalue weighted by atomic mass is 32.2. The number of aromatic nitrogens is 4. The molecule has 0 aliphatic carbocycles. The van der Waals surface area contributed by atoms with Crippen molar-refractivity contribution in [1.82, 2.24) is 19.7 Å². The summed E-state index contributed by atoms with van der Waals surface area (Å²) in [5.74, 6) is 1.65. The fourth-order valence-electron chi connectivity index (χ4n) is 2.38. The van der Waals surface area contributed by atoms with Gasteiger partial charge in [-0.05, 0) is 24.1 Å². The van der Waals surface area contributed by atoms with Gasteiger partial charge in [0.2, 0.25) is 10.0 Å². The highest BCUT2D eigenvalue weighted by Crippen LogP contribution is 2.24. The molecule has 0 aliphatic rings. The van der Waals surface area contributed by atoms with Crippen LogP contribution in [-0.2, 0) is 23.6 Å². The van der Waals surface area contributed by atoms with Gasteiger partial charge in [-0.15, -0.1) is 0 Å². The van der Waals surface area contributed by atoms with Crippen LogP contribution < -0.4 is 10.5 Å². The van der Waals surface area contributed by atoms with Crippen LogP contribution in [0.25, 0.3) is 11.0 Å². The number of nitrogens with zero attached hydrogens (tertiary/aromatic N) is 4. The Kier molecular flexibility index (Phi) is 5.44. The van der Waals surface area contributed by atoms with Crippen LogP contribution in [0.1, 0.15) is 18.9 Å². The second kappa shape index (κ2) is 7.60. The number of rotatable bonds is 7. The molecule has 3 N–H and O–H groups in total. The first-order valence-electron chi connectivity index (χ1n) is 8.06. The van der Waals surface area contributed by atoms with Crippen LogP contribution in [0.2, 0.25) is 0 Å². The van der Waals surface area contributed by atoms with Gasteiger partial charge in [-0.25, -0.2) is 23.5 Å². The minimum atomic E-state index is -3.68. The largest absolute Gasteiger partial charge is 0.365 e. The zero-order chi connectivity index (χ0) is 18.7. The van der Waals surface area contributed by atoms with Crippen molar-refractivity contribution in [2.45, 2.75) is 29.9 Å². The Morgan fingerprint density at radius 1 is 1.23 bits per heavy atom. The van der Waals surface area contributed by atoms with E-state index in [0.29, 0.717) is 17.5 Å². The van der Waals surface area contributed by atoms with Crippen LogP contribution in [0.5, 0.6) is 0 Å². The first kappa shape index (κ1) is 18.6. The number of sulfonamides is 1. The molecule has 3 rings (SSSR count). The molecule has 0 saturated heterocycles. The van der Waals surface area contributed by atoms with Crippen molar-refractivity contribution < 1.29 is 8.42 Å². The minimum absolute atomic E-state index is 0.0937. The summed E-state index contributed by atoms with van der Waals surface area (Å²) in [5, 5.41) is 14.2. The fourth-order valence-corrected chi connectivity index (χ4v) is 3.59. The maximum absolute atomic E-state index is 11.3. The second-order valence-corrected chi connectivity index (χ2v) is 8.37. The summed E-state index contributed by atoms with van der Waals surface area (Å²) in [6.45, 7) is 2.60. The number of anilines is 1. The molecule has 8 nitrogen and oxygen atoms in total. The van der Waals surface area contributed by atoms with Crippen molar-refractivity contribution in [1.29, 1.82) is 0 Å². The number of hydrogen-bond donors (Lipinski definition) is 2. The molecule has 0 bridgehead atoms. The van der Waals surface area contributed by atoms with E-state index in [1.54, 1.807) is 34.8 Å². The van der Waals surface area contributed by atoms with Gasteiger partial charge in [0.05, 0.1) is 16.5 Å². The molecule has 0 fully saturated rings. The van der Waals surface area contributed by atoms with Gasteiger partial charge in [0.25, 0.3) is 0 Å². The van der Waals surface area contributed by atoms with E-state index < -0.39 is 10.0 Å². The Hall–Kier alpha value is -2.17. The summed E-state index contributed by atoms with van der Waals surface area (Å²) in [7, 11) is -1.84. The molecule has 0 unspecified atom stereocenters. The number of nitrogens with two attached hydrogens (primary N) is 1. The zero-order valence-electron chi connectivity index (χ0n) is 14.5. The standard InChI is InChI=1S/C16H20N6O2S2/c1-3-8-25-16-20-14(13-10-19-22(2)15(13)21-16)18-9-11-4-6-12(7-5-11)26(17,23)24/h4-7,10H,3,8-9H2,1-2H3,(H2,17,23,24)(H,18,20,21). The number of primary sulfonamides is 1. The maximum atomic E-state index is 11.3. The first-order valence-corrected chi connectivity index (χ1v) is 10.6. The van der Waals surface area contributed by atoms with Gasteiger partial charge in [0.15, 0.2) is 10.8 Å². The van der Waals surface area contributed by atoms with E-state index in [-0.39, 0.29) is 4.90 Å². The van der Waals surface area contributed by atoms with Crippen LogP contribution in [0.15, 0.2) is 40.5 Å². The van der Waals surface area contributed by atoms with Crippen LogP contribution in [0.3, 0.4) is 0 Å². The molecule has 0 radical (unpaired) electrons. The Morgan fingerprint density at radius 3 is 2.62 bits per heavy atom. The summed E-state index contributed by atoms with van der Waals surface area (Å²) in [6.07, 6.45) is 2.77. The van der Waals surface area contributed by atoms with Gasteiger partial charge >= 0.3 is 0 Å². The van der Waals surface area contributed by atoms with Crippen LogP contribution in [-0.4, -0.2) is 33.9 Å². The number of fused-ring (bicyclic) bond motifs is 1. The molecule has 3 aromatic rings. The van der Waals surface area contributed by atoms with Crippen molar-refractivity contribution in [2.75, 3.05) is 11.1 Å². The van der Waals surface area contributed by atoms with Crippen LogP contribution >= 0.6 is 11.8 Å². The molecule has 0 atom stereocenters. The molecule has 2 aromatic heterocycles. The Balaban J connectivity index is 1.83. The molecule has 10 heteroatoms. The average molecular weight is 393 g/mol. The molecule has 0 spiro atoms. The number of thioether (sulfide) groups is 1. The monoisotopic (exact) mass is 392 g/mol. The third kappa shape index (κ3) is 4.14. The molecule has 0 amide bonds. The molecular weight excluding hydrogens is 372 g/mol. The predicted octanol–water partition coefficient (Wildman–Crippen LogP) is 2.12. The summed E-state index contributed by atoms with van der Waals surface area (Å²) in [6, 6.07) is 6.44. The molecule has 2 heterocycles. The summed E-state index contributed by atoms with van der Waals surface area (Å²) < 4.78 is 24.4. The molecule has 0 aliphatic heterocycles. The molecule has 1 aromatic carbocycles. The van der Waals surface area contributed by atoms with Crippen LogP contribution in [0.4, 0.5) is 5.82 Å². The SMILES string of the molecule is CCCSc1nc(NCc2ccc(S(N)(=O)=O)cc2)c2cnn(C)c2n1. The number of nitrogens with one attached hydrogen (secondary N) is 1. The normalized spacial score (nSPS) is 11.8. The topological polar surface area (TPSA) is 116 Å². The lowest BCUT2D eigenvalue weighted by molar-refractivity contribution is 0.598. The lowest BCUT2D eigenvalue weighted by Crippen LogP contribution is -2.12. The smallest absolute Gasteiger partial charge is 0.238 e. The van der Waals surface area contributed by atoms with Gasteiger partial charge in [0.1, 0.15) is 5.82 Å². The summed E-state index contributed by atoms with van der Waals surface area (Å²) >= 11 is 1.60. The zero-order valence-corrected chi connectivity index (χ0v) is 16.1. The lowest BCUT2D eigenvalue weighted by Gasteiger charge is -2.09. The summed E-state index contributed by atoms with van der Waals surface area (Å²) in [4.78, 5) is 9.25. The average Bonchev–Trinajstić information content (AvgIpc) is 2.99. The molecule has 138 valence electrons.